The first-order chi connectivity index (χ1) is 19.7. The average Bonchev–Trinajstić information content (AvgIpc) is 3.71. The Morgan fingerprint density at radius 3 is 2.83 bits per heavy atom. The molecule has 0 bridgehead atoms. The number of carbonyl (C=O) groups is 1. The quantitative estimate of drug-likeness (QED) is 0.202. The van der Waals surface area contributed by atoms with E-state index in [1.165, 1.54) is 11.9 Å². The third-order valence-electron chi connectivity index (χ3n) is 6.69. The number of anilines is 3. The number of amides is 1. The molecule has 2 aromatic carbocycles. The lowest BCUT2D eigenvalue weighted by molar-refractivity contribution is 0.160. The van der Waals surface area contributed by atoms with Crippen LogP contribution >= 0.6 is 0 Å². The summed E-state index contributed by atoms with van der Waals surface area (Å²) < 4.78 is 9.10. The van der Waals surface area contributed by atoms with Crippen LogP contribution in [-0.2, 0) is 24.1 Å². The van der Waals surface area contributed by atoms with E-state index in [9.17, 15) is 4.79 Å². The summed E-state index contributed by atoms with van der Waals surface area (Å²) in [5.74, 6) is 1.51. The number of ether oxygens (including phenoxy) is 1. The predicted octanol–water partition coefficient (Wildman–Crippen LogP) is 5.34. The number of aryl methyl sites for hydroxylation is 2. The number of imidazole rings is 1. The average molecular weight is 536 g/mol. The zero-order valence-corrected chi connectivity index (χ0v) is 22.0. The van der Waals surface area contributed by atoms with E-state index in [2.05, 4.69) is 60.0 Å². The molecule has 0 atom stereocenters. The highest BCUT2D eigenvalue weighted by molar-refractivity contribution is 5.91. The van der Waals surface area contributed by atoms with Crippen LogP contribution in [0.3, 0.4) is 0 Å². The van der Waals surface area contributed by atoms with Crippen molar-refractivity contribution >= 4 is 39.7 Å². The number of nitrogens with zero attached hydrogens (tertiary/aromatic N) is 6. The molecule has 0 unspecified atom stereocenters. The van der Waals surface area contributed by atoms with E-state index in [4.69, 9.17) is 4.74 Å². The molecule has 6 rings (SSSR count). The number of benzene rings is 2. The number of hydrogen-bond acceptors (Lipinski definition) is 7. The van der Waals surface area contributed by atoms with Gasteiger partial charge in [0.25, 0.3) is 0 Å². The van der Waals surface area contributed by atoms with Crippen molar-refractivity contribution in [3.8, 4) is 0 Å². The number of carbonyl (C=O) groups excluding carboxylic acids is 1. The monoisotopic (exact) mass is 535 g/mol. The van der Waals surface area contributed by atoms with Gasteiger partial charge in [0.05, 0.1) is 36.7 Å². The van der Waals surface area contributed by atoms with E-state index in [1.807, 2.05) is 42.1 Å². The van der Waals surface area contributed by atoms with E-state index in [0.717, 1.165) is 33.5 Å². The van der Waals surface area contributed by atoms with Gasteiger partial charge in [0.1, 0.15) is 17.7 Å². The van der Waals surface area contributed by atoms with E-state index in [0.29, 0.717) is 43.9 Å². The summed E-state index contributed by atoms with van der Waals surface area (Å²) in [5.41, 5.74) is 5.46. The van der Waals surface area contributed by atoms with E-state index in [1.54, 1.807) is 23.1 Å². The van der Waals surface area contributed by atoms with Crippen molar-refractivity contribution in [2.45, 2.75) is 32.7 Å². The van der Waals surface area contributed by atoms with Gasteiger partial charge < -0.3 is 15.0 Å². The summed E-state index contributed by atoms with van der Waals surface area (Å²) in [6.45, 7) is 3.02. The summed E-state index contributed by atoms with van der Waals surface area (Å²) in [7, 11) is 0. The highest BCUT2D eigenvalue weighted by Gasteiger charge is 2.17. The number of rotatable bonds is 10. The Morgan fingerprint density at radius 2 is 2.00 bits per heavy atom. The SMILES string of the molecule is CCc1c(NC(=O)OCCCc2ncc[nH]2)cn2ncnc(Nc3ccc4c(cnn4Cc4ccccc4)c3)c12. The molecule has 11 nitrogen and oxygen atoms in total. The molecule has 4 heterocycles. The minimum absolute atomic E-state index is 0.290. The fourth-order valence-corrected chi connectivity index (χ4v) is 4.80. The number of nitrogens with one attached hydrogen (secondary N) is 3. The summed E-state index contributed by atoms with van der Waals surface area (Å²) in [5, 5.41) is 16.3. The van der Waals surface area contributed by atoms with E-state index >= 15 is 0 Å². The first-order valence-electron chi connectivity index (χ1n) is 13.2. The van der Waals surface area contributed by atoms with Gasteiger partial charge in [-0.2, -0.15) is 10.2 Å². The molecule has 0 aliphatic rings. The van der Waals surface area contributed by atoms with Crippen molar-refractivity contribution in [2.75, 3.05) is 17.2 Å². The Bertz CT molecular complexity index is 1740. The largest absolute Gasteiger partial charge is 0.449 e. The molecule has 0 saturated carbocycles. The zero-order valence-electron chi connectivity index (χ0n) is 22.0. The van der Waals surface area contributed by atoms with Crippen LogP contribution in [0.4, 0.5) is 22.0 Å². The first-order valence-corrected chi connectivity index (χ1v) is 13.2. The minimum atomic E-state index is -0.509. The Kier molecular flexibility index (Phi) is 7.08. The standard InChI is InChI=1S/C29H29N9O2/c1-2-23-24(36-29(39)40-14-6-9-26-30-12-13-31-26)18-38-27(23)28(32-19-34-38)35-22-10-11-25-21(15-22)16-33-37(25)17-20-7-4-3-5-8-20/h3-5,7-8,10-13,15-16,18-19H,2,6,9,14,17H2,1H3,(H,30,31)(H,36,39)(H,32,34,35). The molecule has 11 heteroatoms. The lowest BCUT2D eigenvalue weighted by Gasteiger charge is -2.10. The molecule has 6 aromatic rings. The molecular formula is C29H29N9O2. The number of H-pyrrole nitrogens is 1. The molecule has 0 aliphatic heterocycles. The fourth-order valence-electron chi connectivity index (χ4n) is 4.80. The normalized spacial score (nSPS) is 11.2. The highest BCUT2D eigenvalue weighted by Crippen LogP contribution is 2.30. The van der Waals surface area contributed by atoms with Crippen LogP contribution in [0.5, 0.6) is 0 Å². The second-order valence-corrected chi connectivity index (χ2v) is 9.36. The second-order valence-electron chi connectivity index (χ2n) is 9.36. The van der Waals surface area contributed by atoms with Crippen LogP contribution in [0.1, 0.15) is 30.3 Å². The lowest BCUT2D eigenvalue weighted by atomic mass is 10.2. The van der Waals surface area contributed by atoms with Gasteiger partial charge in [-0.15, -0.1) is 0 Å². The van der Waals surface area contributed by atoms with Gasteiger partial charge in [-0.3, -0.25) is 10.00 Å². The zero-order chi connectivity index (χ0) is 27.3. The molecule has 0 radical (unpaired) electrons. The molecule has 202 valence electrons. The minimum Gasteiger partial charge on any atom is -0.449 e. The maximum Gasteiger partial charge on any atom is 0.411 e. The summed E-state index contributed by atoms with van der Waals surface area (Å²) >= 11 is 0. The predicted molar refractivity (Wildman–Crippen MR) is 153 cm³/mol. The lowest BCUT2D eigenvalue weighted by Crippen LogP contribution is -2.15. The van der Waals surface area contributed by atoms with Crippen molar-refractivity contribution in [3.63, 3.8) is 0 Å². The molecule has 0 fully saturated rings. The number of fused-ring (bicyclic) bond motifs is 2. The van der Waals surface area contributed by atoms with Gasteiger partial charge in [0.2, 0.25) is 0 Å². The summed E-state index contributed by atoms with van der Waals surface area (Å²) in [4.78, 5) is 24.2. The molecular weight excluding hydrogens is 506 g/mol. The number of aromatic amines is 1. The molecule has 0 aliphatic carbocycles. The van der Waals surface area contributed by atoms with E-state index in [-0.39, 0.29) is 0 Å². The second kappa shape index (κ2) is 11.3. The van der Waals surface area contributed by atoms with Crippen molar-refractivity contribution < 1.29 is 9.53 Å². The first kappa shape index (κ1) is 25.1. The van der Waals surface area contributed by atoms with Gasteiger partial charge in [-0.1, -0.05) is 37.3 Å². The Balaban J connectivity index is 1.17. The van der Waals surface area contributed by atoms with Crippen LogP contribution in [0.25, 0.3) is 16.4 Å². The van der Waals surface area contributed by atoms with E-state index < -0.39 is 6.09 Å². The van der Waals surface area contributed by atoms with Gasteiger partial charge in [-0.25, -0.2) is 19.3 Å². The maximum absolute atomic E-state index is 12.5. The van der Waals surface area contributed by atoms with Crippen molar-refractivity contribution in [1.29, 1.82) is 0 Å². The van der Waals surface area contributed by atoms with Gasteiger partial charge in [-0.05, 0) is 36.6 Å². The van der Waals surface area contributed by atoms with Gasteiger partial charge >= 0.3 is 6.09 Å². The number of hydrogen-bond donors (Lipinski definition) is 3. The topological polar surface area (TPSA) is 127 Å². The Hall–Kier alpha value is -5.19. The smallest absolute Gasteiger partial charge is 0.411 e. The molecule has 3 N–H and O–H groups in total. The fraction of sp³-hybridized carbons (Fsp3) is 0.207. The van der Waals surface area contributed by atoms with Crippen LogP contribution in [-0.4, -0.2) is 47.0 Å². The molecule has 0 saturated heterocycles. The summed E-state index contributed by atoms with van der Waals surface area (Å²) in [6.07, 6.45) is 10.2. The Labute approximate surface area is 230 Å². The Morgan fingerprint density at radius 1 is 1.10 bits per heavy atom. The van der Waals surface area contributed by atoms with Crippen molar-refractivity contribution in [1.82, 2.24) is 34.3 Å². The molecule has 40 heavy (non-hydrogen) atoms. The molecule has 4 aromatic heterocycles. The number of aromatic nitrogens is 7. The van der Waals surface area contributed by atoms with Crippen LogP contribution in [0, 0.1) is 0 Å². The molecule has 1 amide bonds. The third-order valence-corrected chi connectivity index (χ3v) is 6.69. The van der Waals surface area contributed by atoms with Gasteiger partial charge in [0.15, 0.2) is 5.82 Å². The maximum atomic E-state index is 12.5. The van der Waals surface area contributed by atoms with Crippen LogP contribution in [0.15, 0.2) is 79.6 Å². The summed E-state index contributed by atoms with van der Waals surface area (Å²) in [6, 6.07) is 16.4. The van der Waals surface area contributed by atoms with Crippen LogP contribution < -0.4 is 10.6 Å². The van der Waals surface area contributed by atoms with Crippen molar-refractivity contribution in [2.24, 2.45) is 0 Å². The third kappa shape index (κ3) is 5.35. The highest BCUT2D eigenvalue weighted by atomic mass is 16.5. The van der Waals surface area contributed by atoms with Crippen molar-refractivity contribution in [3.05, 3.63) is 96.6 Å². The molecule has 0 spiro atoms. The van der Waals surface area contributed by atoms with Gasteiger partial charge in [0, 0.05) is 35.5 Å². The van der Waals surface area contributed by atoms with Crippen LogP contribution in [0.2, 0.25) is 0 Å².